The van der Waals surface area contributed by atoms with Gasteiger partial charge in [0.15, 0.2) is 5.84 Å². The Balaban J connectivity index is 1.62. The fourth-order valence-electron chi connectivity index (χ4n) is 3.09. The van der Waals surface area contributed by atoms with Gasteiger partial charge in [-0.3, -0.25) is 5.41 Å². The molecular formula is C20H25N3S. The molecule has 0 aromatic heterocycles. The Labute approximate surface area is 148 Å². The zero-order chi connectivity index (χ0) is 16.9. The van der Waals surface area contributed by atoms with Crippen LogP contribution >= 0.6 is 11.8 Å². The molecule has 0 fully saturated rings. The molecule has 126 valence electrons. The molecule has 0 aliphatic carbocycles. The minimum absolute atomic E-state index is 0.273. The van der Waals surface area contributed by atoms with Crippen LogP contribution < -0.4 is 5.73 Å². The first-order chi connectivity index (χ1) is 11.7. The fourth-order valence-corrected chi connectivity index (χ4v) is 4.05. The summed E-state index contributed by atoms with van der Waals surface area (Å²) >= 11 is 1.93. The van der Waals surface area contributed by atoms with Crippen LogP contribution in [0.25, 0.3) is 10.8 Å². The van der Waals surface area contributed by atoms with Gasteiger partial charge in [0.2, 0.25) is 0 Å². The van der Waals surface area contributed by atoms with Crippen molar-refractivity contribution < 1.29 is 0 Å². The molecule has 0 radical (unpaired) electrons. The second-order valence-electron chi connectivity index (χ2n) is 6.37. The third-order valence-corrected chi connectivity index (χ3v) is 5.56. The van der Waals surface area contributed by atoms with E-state index in [2.05, 4.69) is 30.1 Å². The number of nitrogens with zero attached hydrogens (tertiary/aromatic N) is 1. The van der Waals surface area contributed by atoms with Crippen LogP contribution in [0, 0.1) is 5.41 Å². The molecule has 0 spiro atoms. The van der Waals surface area contributed by atoms with Crippen LogP contribution in [-0.2, 0) is 0 Å². The lowest BCUT2D eigenvalue weighted by molar-refractivity contribution is 0.627. The summed E-state index contributed by atoms with van der Waals surface area (Å²) < 4.78 is 0. The van der Waals surface area contributed by atoms with E-state index in [9.17, 15) is 0 Å². The molecule has 3 nitrogen and oxygen atoms in total. The van der Waals surface area contributed by atoms with E-state index in [1.807, 2.05) is 23.9 Å². The number of unbranched alkanes of at least 4 members (excludes halogenated alkanes) is 5. The van der Waals surface area contributed by atoms with Crippen molar-refractivity contribution in [2.24, 2.45) is 10.7 Å². The molecule has 0 saturated heterocycles. The largest absolute Gasteiger partial charge is 0.383 e. The summed E-state index contributed by atoms with van der Waals surface area (Å²) in [5.74, 6) is 1.90. The van der Waals surface area contributed by atoms with E-state index in [4.69, 9.17) is 11.1 Å². The molecule has 0 amide bonds. The van der Waals surface area contributed by atoms with Gasteiger partial charge < -0.3 is 5.73 Å². The average molecular weight is 340 g/mol. The monoisotopic (exact) mass is 339 g/mol. The van der Waals surface area contributed by atoms with Crippen molar-refractivity contribution in [3.8, 4) is 0 Å². The van der Waals surface area contributed by atoms with Crippen molar-refractivity contribution in [1.29, 1.82) is 5.41 Å². The van der Waals surface area contributed by atoms with Crippen LogP contribution in [0.5, 0.6) is 0 Å². The standard InChI is InChI=1S/C20H25N3S/c1-2-3-4-5-6-7-10-24-16-9-8-14-12-17-18(13-15(14)11-16)20(22)23-19(17)21/h8-9,11-13H,2-7,10H2,1H3,(H3,21,22,23). The number of rotatable bonds is 8. The van der Waals surface area contributed by atoms with E-state index in [0.29, 0.717) is 5.84 Å². The normalized spacial score (nSPS) is 13.4. The van der Waals surface area contributed by atoms with Gasteiger partial charge in [-0.25, -0.2) is 4.99 Å². The van der Waals surface area contributed by atoms with Crippen molar-refractivity contribution in [1.82, 2.24) is 0 Å². The van der Waals surface area contributed by atoms with E-state index >= 15 is 0 Å². The zero-order valence-corrected chi connectivity index (χ0v) is 15.1. The summed E-state index contributed by atoms with van der Waals surface area (Å²) in [7, 11) is 0. The van der Waals surface area contributed by atoms with Crippen molar-refractivity contribution in [2.45, 2.75) is 50.3 Å². The zero-order valence-electron chi connectivity index (χ0n) is 14.3. The molecule has 0 atom stereocenters. The first-order valence-electron chi connectivity index (χ1n) is 8.83. The maximum Gasteiger partial charge on any atom is 0.154 e. The second kappa shape index (κ2) is 7.84. The van der Waals surface area contributed by atoms with Gasteiger partial charge in [0, 0.05) is 16.0 Å². The van der Waals surface area contributed by atoms with Gasteiger partial charge in [-0.15, -0.1) is 11.8 Å². The maximum absolute atomic E-state index is 7.92. The Morgan fingerprint density at radius 1 is 0.958 bits per heavy atom. The van der Waals surface area contributed by atoms with Crippen LogP contribution in [0.2, 0.25) is 0 Å². The lowest BCUT2D eigenvalue weighted by Gasteiger charge is -2.07. The maximum atomic E-state index is 7.92. The predicted molar refractivity (Wildman–Crippen MR) is 106 cm³/mol. The van der Waals surface area contributed by atoms with Gasteiger partial charge in [-0.05, 0) is 47.2 Å². The smallest absolute Gasteiger partial charge is 0.154 e. The lowest BCUT2D eigenvalue weighted by Crippen LogP contribution is -2.10. The second-order valence-corrected chi connectivity index (χ2v) is 7.54. The summed E-state index contributed by atoms with van der Waals surface area (Å²) in [6.45, 7) is 2.26. The molecule has 2 aromatic rings. The summed E-state index contributed by atoms with van der Waals surface area (Å²) in [5, 5.41) is 10.2. The van der Waals surface area contributed by atoms with E-state index < -0.39 is 0 Å². The minimum atomic E-state index is 0.273. The van der Waals surface area contributed by atoms with Gasteiger partial charge in [0.25, 0.3) is 0 Å². The fraction of sp³-hybridized carbons (Fsp3) is 0.400. The molecule has 1 heterocycles. The molecule has 2 aromatic carbocycles. The Hall–Kier alpha value is -1.81. The number of nitrogens with one attached hydrogen (secondary N) is 1. The molecule has 0 unspecified atom stereocenters. The van der Waals surface area contributed by atoms with Crippen LogP contribution in [0.4, 0.5) is 0 Å². The number of nitrogens with two attached hydrogens (primary N) is 1. The number of aliphatic imine (C=N–C) groups is 1. The molecule has 4 heteroatoms. The van der Waals surface area contributed by atoms with Gasteiger partial charge in [-0.1, -0.05) is 45.1 Å². The first kappa shape index (κ1) is 17.0. The number of amidine groups is 2. The molecule has 3 rings (SSSR count). The number of thioether (sulfide) groups is 1. The molecule has 1 aliphatic rings. The van der Waals surface area contributed by atoms with Crippen LogP contribution in [0.3, 0.4) is 0 Å². The van der Waals surface area contributed by atoms with E-state index in [0.717, 1.165) is 21.9 Å². The molecular weight excluding hydrogens is 314 g/mol. The highest BCUT2D eigenvalue weighted by Crippen LogP contribution is 2.29. The van der Waals surface area contributed by atoms with E-state index in [1.54, 1.807) is 0 Å². The highest BCUT2D eigenvalue weighted by Gasteiger charge is 2.18. The lowest BCUT2D eigenvalue weighted by atomic mass is 10.0. The van der Waals surface area contributed by atoms with Gasteiger partial charge >= 0.3 is 0 Å². The van der Waals surface area contributed by atoms with Crippen LogP contribution in [0.15, 0.2) is 40.2 Å². The van der Waals surface area contributed by atoms with Crippen molar-refractivity contribution in [3.63, 3.8) is 0 Å². The summed E-state index contributed by atoms with van der Waals surface area (Å²) in [6, 6.07) is 10.6. The first-order valence-corrected chi connectivity index (χ1v) is 9.81. The molecule has 3 N–H and O–H groups in total. The third kappa shape index (κ3) is 3.81. The summed E-state index contributed by atoms with van der Waals surface area (Å²) in [5.41, 5.74) is 7.62. The summed E-state index contributed by atoms with van der Waals surface area (Å²) in [4.78, 5) is 5.37. The quantitative estimate of drug-likeness (QED) is 0.504. The van der Waals surface area contributed by atoms with E-state index in [-0.39, 0.29) is 5.84 Å². The number of hydrogen-bond donors (Lipinski definition) is 2. The molecule has 0 saturated carbocycles. The summed E-state index contributed by atoms with van der Waals surface area (Å²) in [6.07, 6.45) is 8.03. The Morgan fingerprint density at radius 3 is 2.54 bits per heavy atom. The van der Waals surface area contributed by atoms with Crippen molar-refractivity contribution in [3.05, 3.63) is 41.5 Å². The van der Waals surface area contributed by atoms with Crippen LogP contribution in [0.1, 0.15) is 56.6 Å². The van der Waals surface area contributed by atoms with Gasteiger partial charge in [0.1, 0.15) is 5.84 Å². The Kier molecular flexibility index (Phi) is 5.56. The average Bonchev–Trinajstić information content (AvgIpc) is 2.86. The predicted octanol–water partition coefficient (Wildman–Crippen LogP) is 5.34. The van der Waals surface area contributed by atoms with Crippen molar-refractivity contribution in [2.75, 3.05) is 5.75 Å². The SMILES string of the molecule is CCCCCCCCSc1ccc2cc3c(cc2c1)C(=N)N=C3N. The van der Waals surface area contributed by atoms with Crippen LogP contribution in [-0.4, -0.2) is 17.4 Å². The minimum Gasteiger partial charge on any atom is -0.383 e. The topological polar surface area (TPSA) is 62.2 Å². The van der Waals surface area contributed by atoms with Gasteiger partial charge in [0.05, 0.1) is 0 Å². The highest BCUT2D eigenvalue weighted by molar-refractivity contribution is 7.99. The molecule has 1 aliphatic heterocycles. The number of benzene rings is 2. The Morgan fingerprint density at radius 2 is 1.71 bits per heavy atom. The van der Waals surface area contributed by atoms with Gasteiger partial charge in [-0.2, -0.15) is 0 Å². The third-order valence-electron chi connectivity index (χ3n) is 4.48. The molecule has 24 heavy (non-hydrogen) atoms. The Bertz CT molecular complexity index is 780. The highest BCUT2D eigenvalue weighted by atomic mass is 32.2. The van der Waals surface area contributed by atoms with Crippen molar-refractivity contribution >= 4 is 34.2 Å². The molecule has 0 bridgehead atoms. The number of hydrogen-bond acceptors (Lipinski definition) is 3. The number of fused-ring (bicyclic) bond motifs is 2. The van der Waals surface area contributed by atoms with E-state index in [1.165, 1.54) is 49.2 Å².